The molecule has 1 atom stereocenters. The molecule has 0 saturated heterocycles. The van der Waals surface area contributed by atoms with Gasteiger partial charge in [-0.3, -0.25) is 4.99 Å². The molecule has 0 amide bonds. The van der Waals surface area contributed by atoms with Crippen LogP contribution < -0.4 is 0 Å². The van der Waals surface area contributed by atoms with Gasteiger partial charge in [-0.05, 0) is 42.1 Å². The molecule has 0 radical (unpaired) electrons. The van der Waals surface area contributed by atoms with E-state index in [0.29, 0.717) is 6.42 Å². The summed E-state index contributed by atoms with van der Waals surface area (Å²) in [5, 5.41) is 1.33. The van der Waals surface area contributed by atoms with E-state index in [1.54, 1.807) is 24.3 Å². The number of aryl methyl sites for hydroxylation is 1. The highest BCUT2D eigenvalue weighted by Gasteiger charge is 2.26. The van der Waals surface area contributed by atoms with Gasteiger partial charge in [-0.2, -0.15) is 0 Å². The molecule has 0 aliphatic heterocycles. The Bertz CT molecular complexity index is 976. The summed E-state index contributed by atoms with van der Waals surface area (Å²) in [7, 11) is -3.55. The number of sulfone groups is 1. The minimum absolute atomic E-state index is 0.284. The molecule has 0 aliphatic rings. The quantitative estimate of drug-likeness (QED) is 0.655. The molecule has 0 bridgehead atoms. The summed E-state index contributed by atoms with van der Waals surface area (Å²) >= 11 is 0. The van der Waals surface area contributed by atoms with E-state index in [9.17, 15) is 8.42 Å². The molecular weight excluding hydrogens is 318 g/mol. The number of aliphatic imine (C=N–C) groups is 1. The van der Waals surface area contributed by atoms with Gasteiger partial charge in [-0.15, -0.1) is 0 Å². The summed E-state index contributed by atoms with van der Waals surface area (Å²) in [5.41, 5.74) is 1.95. The largest absolute Gasteiger partial charge is 0.281 e. The SMILES string of the molecule is C=NC(Cc1ccc2ccccc2c1)S(=O)(=O)c1ccc(C)cc1. The van der Waals surface area contributed by atoms with Crippen LogP contribution in [0.1, 0.15) is 11.1 Å². The molecule has 1 unspecified atom stereocenters. The number of hydrogen-bond donors (Lipinski definition) is 0. The molecule has 0 fully saturated rings. The lowest BCUT2D eigenvalue weighted by Gasteiger charge is -2.14. The fraction of sp³-hybridized carbons (Fsp3) is 0.150. The van der Waals surface area contributed by atoms with Crippen molar-refractivity contribution in [2.45, 2.75) is 23.6 Å². The van der Waals surface area contributed by atoms with E-state index in [1.807, 2.05) is 49.4 Å². The van der Waals surface area contributed by atoms with Crippen molar-refractivity contribution in [1.82, 2.24) is 0 Å². The van der Waals surface area contributed by atoms with E-state index in [1.165, 1.54) is 0 Å². The maximum atomic E-state index is 12.8. The average Bonchev–Trinajstić information content (AvgIpc) is 2.59. The van der Waals surface area contributed by atoms with E-state index in [2.05, 4.69) is 11.7 Å². The highest BCUT2D eigenvalue weighted by molar-refractivity contribution is 7.92. The molecule has 0 aromatic heterocycles. The predicted molar refractivity (Wildman–Crippen MR) is 99.4 cm³/mol. The number of rotatable bonds is 5. The summed E-state index contributed by atoms with van der Waals surface area (Å²) in [6.45, 7) is 5.42. The lowest BCUT2D eigenvalue weighted by molar-refractivity contribution is 0.580. The van der Waals surface area contributed by atoms with Crippen molar-refractivity contribution < 1.29 is 8.42 Å². The van der Waals surface area contributed by atoms with Gasteiger partial charge in [-0.25, -0.2) is 8.42 Å². The normalized spacial score (nSPS) is 12.9. The zero-order valence-corrected chi connectivity index (χ0v) is 14.3. The van der Waals surface area contributed by atoms with Crippen molar-refractivity contribution in [3.05, 3.63) is 77.9 Å². The van der Waals surface area contributed by atoms with Crippen LogP contribution in [0.5, 0.6) is 0 Å². The van der Waals surface area contributed by atoms with Gasteiger partial charge in [0, 0.05) is 6.42 Å². The van der Waals surface area contributed by atoms with Crippen LogP contribution in [0, 0.1) is 6.92 Å². The Balaban J connectivity index is 1.92. The second kappa shape index (κ2) is 6.57. The maximum Gasteiger partial charge on any atom is 0.201 e. The molecule has 0 heterocycles. The zero-order valence-electron chi connectivity index (χ0n) is 13.5. The van der Waals surface area contributed by atoms with Crippen LogP contribution >= 0.6 is 0 Å². The van der Waals surface area contributed by atoms with Crippen LogP contribution in [0.3, 0.4) is 0 Å². The molecule has 3 nitrogen and oxygen atoms in total. The third-order valence-corrected chi connectivity index (χ3v) is 6.10. The molecule has 3 aromatic rings. The van der Waals surface area contributed by atoms with Crippen molar-refractivity contribution in [1.29, 1.82) is 0 Å². The summed E-state index contributed by atoms with van der Waals surface area (Å²) < 4.78 is 25.6. The predicted octanol–water partition coefficient (Wildman–Crippen LogP) is 4.19. The van der Waals surface area contributed by atoms with E-state index in [0.717, 1.165) is 21.9 Å². The van der Waals surface area contributed by atoms with Crippen molar-refractivity contribution in [2.75, 3.05) is 0 Å². The number of hydrogen-bond acceptors (Lipinski definition) is 3. The monoisotopic (exact) mass is 337 g/mol. The van der Waals surface area contributed by atoms with Crippen LogP contribution in [0.2, 0.25) is 0 Å². The molecule has 0 N–H and O–H groups in total. The van der Waals surface area contributed by atoms with Gasteiger partial charge in [-0.1, -0.05) is 60.2 Å². The number of benzene rings is 3. The minimum Gasteiger partial charge on any atom is -0.281 e. The van der Waals surface area contributed by atoms with Crippen LogP contribution in [-0.2, 0) is 16.3 Å². The Hall–Kier alpha value is -2.46. The third kappa shape index (κ3) is 3.24. The third-order valence-electron chi connectivity index (χ3n) is 4.14. The minimum atomic E-state index is -3.55. The second-order valence-electron chi connectivity index (χ2n) is 5.88. The number of nitrogens with zero attached hydrogens (tertiary/aromatic N) is 1. The summed E-state index contributed by atoms with van der Waals surface area (Å²) in [5.74, 6) is 0. The molecule has 3 aromatic carbocycles. The summed E-state index contributed by atoms with van der Waals surface area (Å²) in [4.78, 5) is 4.18. The highest BCUT2D eigenvalue weighted by atomic mass is 32.2. The molecule has 122 valence electrons. The molecule has 4 heteroatoms. The Morgan fingerprint density at radius 3 is 2.29 bits per heavy atom. The van der Waals surface area contributed by atoms with Gasteiger partial charge in [0.1, 0.15) is 0 Å². The molecule has 3 rings (SSSR count). The molecule has 0 aliphatic carbocycles. The first-order valence-corrected chi connectivity index (χ1v) is 9.29. The first-order chi connectivity index (χ1) is 11.5. The highest BCUT2D eigenvalue weighted by Crippen LogP contribution is 2.23. The summed E-state index contributed by atoms with van der Waals surface area (Å²) in [6.07, 6.45) is 0.310. The smallest absolute Gasteiger partial charge is 0.201 e. The van der Waals surface area contributed by atoms with Gasteiger partial charge < -0.3 is 0 Å². The van der Waals surface area contributed by atoms with Crippen molar-refractivity contribution in [2.24, 2.45) is 4.99 Å². The van der Waals surface area contributed by atoms with Crippen molar-refractivity contribution in [3.63, 3.8) is 0 Å². The Morgan fingerprint density at radius 1 is 0.958 bits per heavy atom. The van der Waals surface area contributed by atoms with E-state index < -0.39 is 15.2 Å². The first-order valence-electron chi connectivity index (χ1n) is 7.75. The first kappa shape index (κ1) is 16.4. The topological polar surface area (TPSA) is 46.5 Å². The van der Waals surface area contributed by atoms with Crippen LogP contribution in [0.25, 0.3) is 10.8 Å². The maximum absolute atomic E-state index is 12.8. The molecular formula is C20H19NO2S. The van der Waals surface area contributed by atoms with Gasteiger partial charge in [0.2, 0.25) is 9.84 Å². The fourth-order valence-electron chi connectivity index (χ4n) is 2.72. The fourth-order valence-corrected chi connectivity index (χ4v) is 4.16. The van der Waals surface area contributed by atoms with E-state index in [-0.39, 0.29) is 4.90 Å². The Labute approximate surface area is 142 Å². The van der Waals surface area contributed by atoms with Gasteiger partial charge in [0.05, 0.1) is 4.90 Å². The Kier molecular flexibility index (Phi) is 4.49. The standard InChI is InChI=1S/C20H19NO2S/c1-15-7-11-19(12-8-15)24(22,23)20(21-2)14-16-9-10-17-5-3-4-6-18(17)13-16/h3-13,20H,2,14H2,1H3. The zero-order chi connectivity index (χ0) is 17.2. The van der Waals surface area contributed by atoms with Gasteiger partial charge >= 0.3 is 0 Å². The van der Waals surface area contributed by atoms with Crippen molar-refractivity contribution >= 4 is 27.3 Å². The van der Waals surface area contributed by atoms with Crippen LogP contribution in [0.4, 0.5) is 0 Å². The lowest BCUT2D eigenvalue weighted by Crippen LogP contribution is -2.21. The van der Waals surface area contributed by atoms with Gasteiger partial charge in [0.25, 0.3) is 0 Å². The van der Waals surface area contributed by atoms with E-state index >= 15 is 0 Å². The number of fused-ring (bicyclic) bond motifs is 1. The van der Waals surface area contributed by atoms with Gasteiger partial charge in [0.15, 0.2) is 5.37 Å². The summed E-state index contributed by atoms with van der Waals surface area (Å²) in [6, 6.07) is 20.8. The van der Waals surface area contributed by atoms with E-state index in [4.69, 9.17) is 0 Å². The van der Waals surface area contributed by atoms with Crippen molar-refractivity contribution in [3.8, 4) is 0 Å². The molecule has 24 heavy (non-hydrogen) atoms. The lowest BCUT2D eigenvalue weighted by atomic mass is 10.1. The van der Waals surface area contributed by atoms with Crippen LogP contribution in [0.15, 0.2) is 76.6 Å². The molecule has 0 spiro atoms. The Morgan fingerprint density at radius 2 is 1.62 bits per heavy atom. The van der Waals surface area contributed by atoms with Crippen LogP contribution in [-0.4, -0.2) is 20.5 Å². The average molecular weight is 337 g/mol. The second-order valence-corrected chi connectivity index (χ2v) is 7.99. The molecule has 0 saturated carbocycles.